The van der Waals surface area contributed by atoms with E-state index in [1.165, 1.54) is 0 Å². The number of hydrogen-bond donors (Lipinski definition) is 1. The van der Waals surface area contributed by atoms with E-state index in [-0.39, 0.29) is 6.61 Å². The summed E-state index contributed by atoms with van der Waals surface area (Å²) in [5.41, 5.74) is 3.53. The largest absolute Gasteiger partial charge is 0.489 e. The number of alkyl halides is 1. The van der Waals surface area contributed by atoms with Gasteiger partial charge in [0.05, 0.1) is 0 Å². The number of hydrogen-bond acceptors (Lipinski definition) is 4. The lowest BCUT2D eigenvalue weighted by Gasteiger charge is -2.14. The van der Waals surface area contributed by atoms with Crippen molar-refractivity contribution in [2.75, 3.05) is 6.61 Å². The lowest BCUT2D eigenvalue weighted by molar-refractivity contribution is -0.139. The van der Waals surface area contributed by atoms with Crippen LogP contribution in [0, 0.1) is 13.8 Å². The molecule has 0 bridgehead atoms. The van der Waals surface area contributed by atoms with Gasteiger partial charge < -0.3 is 14.6 Å². The van der Waals surface area contributed by atoms with Gasteiger partial charge in [-0.05, 0) is 48.7 Å². The molecule has 0 saturated carbocycles. The van der Waals surface area contributed by atoms with Crippen molar-refractivity contribution in [3.63, 3.8) is 0 Å². The Kier molecular flexibility index (Phi) is 5.82. The van der Waals surface area contributed by atoms with E-state index in [1.807, 2.05) is 32.0 Å². The zero-order valence-corrected chi connectivity index (χ0v) is 13.8. The second-order valence-corrected chi connectivity index (χ2v) is 5.46. The second kappa shape index (κ2) is 7.83. The minimum Gasteiger partial charge on any atom is -0.489 e. The molecule has 0 radical (unpaired) electrons. The first-order valence-corrected chi connectivity index (χ1v) is 7.60. The van der Waals surface area contributed by atoms with E-state index in [1.54, 1.807) is 12.4 Å². The van der Waals surface area contributed by atoms with Crippen LogP contribution in [0.5, 0.6) is 11.5 Å². The zero-order valence-electron chi connectivity index (χ0n) is 13.0. The highest BCUT2D eigenvalue weighted by Crippen LogP contribution is 2.29. The van der Waals surface area contributed by atoms with Gasteiger partial charge >= 0.3 is 5.97 Å². The predicted octanol–water partition coefficient (Wildman–Crippen LogP) is 3.48. The summed E-state index contributed by atoms with van der Waals surface area (Å²) in [5.74, 6) is 0.676. The summed E-state index contributed by atoms with van der Waals surface area (Å²) in [5, 5.41) is 8.70. The first-order chi connectivity index (χ1) is 11.0. The Balaban J connectivity index is 2.07. The summed E-state index contributed by atoms with van der Waals surface area (Å²) >= 11 is 5.79. The smallest absolute Gasteiger partial charge is 0.341 e. The Morgan fingerprint density at radius 3 is 2.39 bits per heavy atom. The van der Waals surface area contributed by atoms with Crippen molar-refractivity contribution < 1.29 is 19.4 Å². The molecule has 5 nitrogen and oxygen atoms in total. The Hall–Kier alpha value is -2.27. The van der Waals surface area contributed by atoms with Gasteiger partial charge in [-0.3, -0.25) is 4.98 Å². The average Bonchev–Trinajstić information content (AvgIpc) is 2.52. The van der Waals surface area contributed by atoms with Crippen LogP contribution < -0.4 is 9.47 Å². The summed E-state index contributed by atoms with van der Waals surface area (Å²) in [7, 11) is 0. The molecule has 0 fully saturated rings. The van der Waals surface area contributed by atoms with Crippen LogP contribution in [-0.4, -0.2) is 22.7 Å². The number of carbonyl (C=O) groups is 1. The molecule has 122 valence electrons. The zero-order chi connectivity index (χ0) is 16.8. The number of pyridine rings is 1. The first-order valence-electron chi connectivity index (χ1n) is 7.07. The maximum atomic E-state index is 10.6. The molecule has 0 amide bonds. The number of halogens is 1. The van der Waals surface area contributed by atoms with Crippen LogP contribution in [0.2, 0.25) is 0 Å². The quantitative estimate of drug-likeness (QED) is 0.784. The Bertz CT molecular complexity index is 680. The number of aliphatic carboxylic acids is 1. The Morgan fingerprint density at radius 1 is 1.13 bits per heavy atom. The monoisotopic (exact) mass is 335 g/mol. The van der Waals surface area contributed by atoms with Crippen LogP contribution in [-0.2, 0) is 17.3 Å². The molecule has 0 unspecified atom stereocenters. The standard InChI is InChI=1S/C17H18ClNO4/c1-11-3-15(4-12(2)17(11)23-10-16(20)21)22-9-14-5-13(6-18)7-19-8-14/h3-5,7-8H,6,9-10H2,1-2H3,(H,20,21). The van der Waals surface area contributed by atoms with Crippen LogP contribution in [0.25, 0.3) is 0 Å². The normalized spacial score (nSPS) is 10.4. The topological polar surface area (TPSA) is 68.7 Å². The Morgan fingerprint density at radius 2 is 1.78 bits per heavy atom. The number of rotatable bonds is 7. The number of nitrogens with zero attached hydrogens (tertiary/aromatic N) is 1. The third-order valence-electron chi connectivity index (χ3n) is 3.19. The van der Waals surface area contributed by atoms with Crippen molar-refractivity contribution in [2.24, 2.45) is 0 Å². The highest BCUT2D eigenvalue weighted by Gasteiger charge is 2.09. The highest BCUT2D eigenvalue weighted by molar-refractivity contribution is 6.17. The molecule has 1 N–H and O–H groups in total. The Labute approximate surface area is 139 Å². The third kappa shape index (κ3) is 4.86. The lowest BCUT2D eigenvalue weighted by atomic mass is 10.1. The van der Waals surface area contributed by atoms with Crippen molar-refractivity contribution in [2.45, 2.75) is 26.3 Å². The molecule has 0 spiro atoms. The van der Waals surface area contributed by atoms with E-state index in [0.29, 0.717) is 24.0 Å². The lowest BCUT2D eigenvalue weighted by Crippen LogP contribution is -2.11. The molecular weight excluding hydrogens is 318 g/mol. The molecule has 23 heavy (non-hydrogen) atoms. The van der Waals surface area contributed by atoms with Crippen LogP contribution in [0.4, 0.5) is 0 Å². The molecule has 2 rings (SSSR count). The van der Waals surface area contributed by atoms with E-state index in [2.05, 4.69) is 4.98 Å². The van der Waals surface area contributed by atoms with Crippen LogP contribution in [0.3, 0.4) is 0 Å². The van der Waals surface area contributed by atoms with Gasteiger partial charge in [-0.25, -0.2) is 4.79 Å². The molecule has 2 aromatic rings. The maximum Gasteiger partial charge on any atom is 0.341 e. The molecule has 1 aromatic heterocycles. The second-order valence-electron chi connectivity index (χ2n) is 5.19. The van der Waals surface area contributed by atoms with E-state index in [9.17, 15) is 4.79 Å². The number of carboxylic acid groups (broad SMARTS) is 1. The molecule has 1 aromatic carbocycles. The summed E-state index contributed by atoms with van der Waals surface area (Å²) < 4.78 is 11.1. The van der Waals surface area contributed by atoms with Gasteiger partial charge in [0.2, 0.25) is 0 Å². The molecule has 0 aliphatic heterocycles. The van der Waals surface area contributed by atoms with Crippen molar-refractivity contribution in [1.29, 1.82) is 0 Å². The van der Waals surface area contributed by atoms with Gasteiger partial charge in [-0.15, -0.1) is 11.6 Å². The van der Waals surface area contributed by atoms with E-state index in [0.717, 1.165) is 22.3 Å². The molecule has 6 heteroatoms. The number of carboxylic acids is 1. The van der Waals surface area contributed by atoms with Crippen LogP contribution in [0.1, 0.15) is 22.3 Å². The van der Waals surface area contributed by atoms with Crippen molar-refractivity contribution in [1.82, 2.24) is 4.98 Å². The highest BCUT2D eigenvalue weighted by atomic mass is 35.5. The van der Waals surface area contributed by atoms with Gasteiger partial charge in [-0.1, -0.05) is 0 Å². The minimum atomic E-state index is -1.00. The van der Waals surface area contributed by atoms with Gasteiger partial charge in [0.25, 0.3) is 0 Å². The number of aromatic nitrogens is 1. The fourth-order valence-corrected chi connectivity index (χ4v) is 2.36. The molecule has 0 aliphatic rings. The fourth-order valence-electron chi connectivity index (χ4n) is 2.22. The number of ether oxygens (including phenoxy) is 2. The SMILES string of the molecule is Cc1cc(OCc2cncc(CCl)c2)cc(C)c1OCC(=O)O. The molecule has 0 saturated heterocycles. The summed E-state index contributed by atoms with van der Waals surface area (Å²) in [4.78, 5) is 14.7. The fraction of sp³-hybridized carbons (Fsp3) is 0.294. The summed E-state index contributed by atoms with van der Waals surface area (Å²) in [6, 6.07) is 5.59. The average molecular weight is 336 g/mol. The van der Waals surface area contributed by atoms with E-state index < -0.39 is 5.97 Å². The van der Waals surface area contributed by atoms with Crippen molar-refractivity contribution >= 4 is 17.6 Å². The maximum absolute atomic E-state index is 10.6. The number of aryl methyl sites for hydroxylation is 2. The summed E-state index contributed by atoms with van der Waals surface area (Å²) in [6.07, 6.45) is 3.46. The molecule has 0 aliphatic carbocycles. The van der Waals surface area contributed by atoms with Gasteiger partial charge in [0.15, 0.2) is 6.61 Å². The summed E-state index contributed by atoms with van der Waals surface area (Å²) in [6.45, 7) is 3.73. The molecule has 0 atom stereocenters. The van der Waals surface area contributed by atoms with E-state index in [4.69, 9.17) is 26.2 Å². The number of benzene rings is 1. The third-order valence-corrected chi connectivity index (χ3v) is 3.49. The van der Waals surface area contributed by atoms with Crippen molar-refractivity contribution in [3.05, 3.63) is 52.8 Å². The van der Waals surface area contributed by atoms with Gasteiger partial charge in [0.1, 0.15) is 18.1 Å². The molecular formula is C17H18ClNO4. The van der Waals surface area contributed by atoms with Gasteiger partial charge in [-0.2, -0.15) is 0 Å². The van der Waals surface area contributed by atoms with Crippen LogP contribution in [0.15, 0.2) is 30.6 Å². The van der Waals surface area contributed by atoms with E-state index >= 15 is 0 Å². The first kappa shape index (κ1) is 17.1. The molecule has 1 heterocycles. The van der Waals surface area contributed by atoms with Crippen molar-refractivity contribution in [3.8, 4) is 11.5 Å². The van der Waals surface area contributed by atoms with Crippen LogP contribution >= 0.6 is 11.6 Å². The minimum absolute atomic E-state index is 0.362. The predicted molar refractivity (Wildman–Crippen MR) is 87.2 cm³/mol. The van der Waals surface area contributed by atoms with Gasteiger partial charge in [0, 0.05) is 23.8 Å².